The maximum Gasteiger partial charge on any atom is 0.0624 e. The van der Waals surface area contributed by atoms with Crippen LogP contribution >= 0.6 is 11.8 Å². The summed E-state index contributed by atoms with van der Waals surface area (Å²) >= 11 is 1.91. The van der Waals surface area contributed by atoms with Crippen LogP contribution in [0.5, 0.6) is 0 Å². The molecule has 17 heavy (non-hydrogen) atoms. The number of benzene rings is 1. The predicted molar refractivity (Wildman–Crippen MR) is 76.0 cm³/mol. The van der Waals surface area contributed by atoms with Crippen LogP contribution in [0.4, 0.5) is 0 Å². The van der Waals surface area contributed by atoms with E-state index in [-0.39, 0.29) is 0 Å². The summed E-state index contributed by atoms with van der Waals surface area (Å²) in [7, 11) is 1.76. The van der Waals surface area contributed by atoms with Gasteiger partial charge in [-0.2, -0.15) is 0 Å². The molecule has 3 heteroatoms. The minimum Gasteiger partial charge on any atom is -0.383 e. The van der Waals surface area contributed by atoms with Gasteiger partial charge in [-0.05, 0) is 32.0 Å². The van der Waals surface area contributed by atoms with Gasteiger partial charge in [0, 0.05) is 23.8 Å². The highest BCUT2D eigenvalue weighted by Crippen LogP contribution is 2.24. The molecule has 0 aliphatic carbocycles. The highest BCUT2D eigenvalue weighted by Gasteiger charge is 2.08. The molecule has 0 fully saturated rings. The molecule has 1 N–H and O–H groups in total. The van der Waals surface area contributed by atoms with E-state index in [0.717, 1.165) is 18.9 Å². The molecule has 0 amide bonds. The van der Waals surface area contributed by atoms with Gasteiger partial charge < -0.3 is 10.1 Å². The van der Waals surface area contributed by atoms with Crippen molar-refractivity contribution >= 4 is 11.8 Å². The van der Waals surface area contributed by atoms with E-state index in [1.807, 2.05) is 11.8 Å². The third-order valence-corrected chi connectivity index (χ3v) is 3.96. The maximum absolute atomic E-state index is 5.22. The highest BCUT2D eigenvalue weighted by molar-refractivity contribution is 7.99. The Morgan fingerprint density at radius 3 is 2.76 bits per heavy atom. The lowest BCUT2D eigenvalue weighted by Crippen LogP contribution is -2.35. The Morgan fingerprint density at radius 2 is 2.12 bits per heavy atom. The van der Waals surface area contributed by atoms with Gasteiger partial charge in [-0.3, -0.25) is 0 Å². The molecule has 96 valence electrons. The van der Waals surface area contributed by atoms with E-state index in [9.17, 15) is 0 Å². The fraction of sp³-hybridized carbons (Fsp3) is 0.571. The van der Waals surface area contributed by atoms with Gasteiger partial charge in [-0.25, -0.2) is 0 Å². The Labute approximate surface area is 109 Å². The van der Waals surface area contributed by atoms with Crippen molar-refractivity contribution in [3.05, 3.63) is 29.3 Å². The third-order valence-electron chi connectivity index (χ3n) is 2.64. The molecule has 1 aromatic carbocycles. The zero-order valence-electron chi connectivity index (χ0n) is 11.2. The van der Waals surface area contributed by atoms with Gasteiger partial charge in [0.2, 0.25) is 0 Å². The van der Waals surface area contributed by atoms with Crippen LogP contribution in [-0.2, 0) is 4.74 Å². The second-order valence-electron chi connectivity index (χ2n) is 4.29. The average Bonchev–Trinajstić information content (AvgIpc) is 2.30. The monoisotopic (exact) mass is 253 g/mol. The molecule has 2 nitrogen and oxygen atoms in total. The van der Waals surface area contributed by atoms with E-state index in [2.05, 4.69) is 44.3 Å². The van der Waals surface area contributed by atoms with E-state index >= 15 is 0 Å². The van der Waals surface area contributed by atoms with Crippen molar-refractivity contribution < 1.29 is 4.74 Å². The Bertz CT molecular complexity index is 335. The van der Waals surface area contributed by atoms with Crippen molar-refractivity contribution in [3.8, 4) is 0 Å². The molecular weight excluding hydrogens is 230 g/mol. The Hall–Kier alpha value is -0.510. The zero-order valence-corrected chi connectivity index (χ0v) is 12.1. The standard InChI is InChI=1S/C14H23NOS/c1-5-15-13(9-16-4)10-17-14-8-11(2)6-7-12(14)3/h6-8,13,15H,5,9-10H2,1-4H3. The first-order chi connectivity index (χ1) is 8.17. The van der Waals surface area contributed by atoms with Gasteiger partial charge >= 0.3 is 0 Å². The fourth-order valence-electron chi connectivity index (χ4n) is 1.71. The largest absolute Gasteiger partial charge is 0.383 e. The molecular formula is C14H23NOS. The molecule has 1 rings (SSSR count). The summed E-state index contributed by atoms with van der Waals surface area (Å²) in [6.45, 7) is 8.19. The number of ether oxygens (including phenoxy) is 1. The number of rotatable bonds is 7. The minimum atomic E-state index is 0.426. The lowest BCUT2D eigenvalue weighted by molar-refractivity contribution is 0.174. The molecule has 1 unspecified atom stereocenters. The predicted octanol–water partition coefficient (Wildman–Crippen LogP) is 3.02. The summed E-state index contributed by atoms with van der Waals surface area (Å²) in [5, 5.41) is 3.44. The van der Waals surface area contributed by atoms with Crippen LogP contribution in [0.1, 0.15) is 18.1 Å². The number of hydrogen-bond donors (Lipinski definition) is 1. The van der Waals surface area contributed by atoms with Crippen LogP contribution in [0, 0.1) is 13.8 Å². The van der Waals surface area contributed by atoms with E-state index < -0.39 is 0 Å². The molecule has 0 aliphatic heterocycles. The average molecular weight is 253 g/mol. The first-order valence-electron chi connectivity index (χ1n) is 6.09. The van der Waals surface area contributed by atoms with Crippen molar-refractivity contribution in [2.75, 3.05) is 26.0 Å². The van der Waals surface area contributed by atoms with Crippen molar-refractivity contribution in [1.82, 2.24) is 5.32 Å². The van der Waals surface area contributed by atoms with Gasteiger partial charge in [0.05, 0.1) is 6.61 Å². The lowest BCUT2D eigenvalue weighted by atomic mass is 10.2. The quantitative estimate of drug-likeness (QED) is 0.755. The molecule has 0 radical (unpaired) electrons. The molecule has 0 spiro atoms. The smallest absolute Gasteiger partial charge is 0.0624 e. The number of likely N-dealkylation sites (N-methyl/N-ethyl adjacent to an activating group) is 1. The van der Waals surface area contributed by atoms with E-state index in [1.54, 1.807) is 7.11 Å². The maximum atomic E-state index is 5.22. The number of nitrogens with one attached hydrogen (secondary N) is 1. The summed E-state index contributed by atoms with van der Waals surface area (Å²) in [6.07, 6.45) is 0. The second-order valence-corrected chi connectivity index (χ2v) is 5.35. The second kappa shape index (κ2) is 7.75. The summed E-state index contributed by atoms with van der Waals surface area (Å²) in [5.74, 6) is 1.05. The van der Waals surface area contributed by atoms with Crippen LogP contribution in [0.25, 0.3) is 0 Å². The van der Waals surface area contributed by atoms with Crippen LogP contribution in [0.3, 0.4) is 0 Å². The summed E-state index contributed by atoms with van der Waals surface area (Å²) in [4.78, 5) is 1.38. The summed E-state index contributed by atoms with van der Waals surface area (Å²) < 4.78 is 5.22. The molecule has 0 heterocycles. The van der Waals surface area contributed by atoms with Crippen LogP contribution in [0.15, 0.2) is 23.1 Å². The van der Waals surface area contributed by atoms with Crippen molar-refractivity contribution in [1.29, 1.82) is 0 Å². The van der Waals surface area contributed by atoms with Crippen molar-refractivity contribution in [3.63, 3.8) is 0 Å². The number of thioether (sulfide) groups is 1. The minimum absolute atomic E-state index is 0.426. The molecule has 0 bridgehead atoms. The fourth-order valence-corrected chi connectivity index (χ4v) is 2.87. The van der Waals surface area contributed by atoms with E-state index in [1.165, 1.54) is 16.0 Å². The SMILES string of the molecule is CCNC(COC)CSc1cc(C)ccc1C. The summed E-state index contributed by atoms with van der Waals surface area (Å²) in [5.41, 5.74) is 2.68. The van der Waals surface area contributed by atoms with Gasteiger partial charge in [-0.1, -0.05) is 24.6 Å². The van der Waals surface area contributed by atoms with Crippen LogP contribution in [0.2, 0.25) is 0 Å². The third kappa shape index (κ3) is 5.11. The molecule has 0 saturated carbocycles. The van der Waals surface area contributed by atoms with Gasteiger partial charge in [0.15, 0.2) is 0 Å². The molecule has 0 aromatic heterocycles. The Kier molecular flexibility index (Phi) is 6.63. The highest BCUT2D eigenvalue weighted by atomic mass is 32.2. The molecule has 0 aliphatic rings. The van der Waals surface area contributed by atoms with Crippen LogP contribution < -0.4 is 5.32 Å². The Balaban J connectivity index is 2.55. The topological polar surface area (TPSA) is 21.3 Å². The molecule has 1 aromatic rings. The van der Waals surface area contributed by atoms with Crippen molar-refractivity contribution in [2.24, 2.45) is 0 Å². The normalized spacial score (nSPS) is 12.7. The van der Waals surface area contributed by atoms with Gasteiger partial charge in [0.25, 0.3) is 0 Å². The van der Waals surface area contributed by atoms with E-state index in [0.29, 0.717) is 6.04 Å². The lowest BCUT2D eigenvalue weighted by Gasteiger charge is -2.17. The Morgan fingerprint density at radius 1 is 1.35 bits per heavy atom. The first-order valence-corrected chi connectivity index (χ1v) is 7.08. The first kappa shape index (κ1) is 14.6. The van der Waals surface area contributed by atoms with Crippen molar-refractivity contribution in [2.45, 2.75) is 31.7 Å². The van der Waals surface area contributed by atoms with Gasteiger partial charge in [0.1, 0.15) is 0 Å². The number of hydrogen-bond acceptors (Lipinski definition) is 3. The molecule has 0 saturated heterocycles. The van der Waals surface area contributed by atoms with Gasteiger partial charge in [-0.15, -0.1) is 11.8 Å². The molecule has 1 atom stereocenters. The van der Waals surface area contributed by atoms with E-state index in [4.69, 9.17) is 4.74 Å². The number of methoxy groups -OCH3 is 1. The zero-order chi connectivity index (χ0) is 12.7. The van der Waals surface area contributed by atoms with Crippen LogP contribution in [-0.4, -0.2) is 32.1 Å². The number of aryl methyl sites for hydroxylation is 2. The summed E-state index contributed by atoms with van der Waals surface area (Å²) in [6, 6.07) is 7.04.